The van der Waals surface area contributed by atoms with Gasteiger partial charge in [-0.3, -0.25) is 4.79 Å². The second-order valence-electron chi connectivity index (χ2n) is 12.1. The standard InChI is InChI=1S/C23H36N2O5/c1-19(2,24)13-25-18(26)7-14-3-5-22(6-4-14)28-23(30-29-22)16-8-15-11-21(27)12-17(23)10-20(15,21)9-16/h14-17,27H,3-13,24H2,1-2H3,(H,25,26)/t14-,15?,16?,17?,20?,21-,22+,23-/m1/s1. The van der Waals surface area contributed by atoms with Crippen molar-refractivity contribution in [2.24, 2.45) is 34.8 Å². The number of ether oxygens (including phenoxy) is 1. The predicted octanol–water partition coefficient (Wildman–Crippen LogP) is 2.36. The first kappa shape index (κ1) is 19.9. The molecule has 0 aromatic carbocycles. The number of nitrogens with two attached hydrogens (primary N) is 1. The van der Waals surface area contributed by atoms with Gasteiger partial charge in [0, 0.05) is 48.6 Å². The van der Waals surface area contributed by atoms with Gasteiger partial charge >= 0.3 is 0 Å². The fraction of sp³-hybridized carbons (Fsp3) is 0.957. The number of carbonyl (C=O) groups excluding carboxylic acids is 1. The molecule has 30 heavy (non-hydrogen) atoms. The molecule has 7 nitrogen and oxygen atoms in total. The molecule has 4 unspecified atom stereocenters. The lowest BCUT2D eigenvalue weighted by atomic mass is 9.53. The van der Waals surface area contributed by atoms with Crippen LogP contribution < -0.4 is 11.1 Å². The highest BCUT2D eigenvalue weighted by atomic mass is 17.3. The molecule has 1 saturated heterocycles. The molecule has 3 bridgehead atoms. The molecule has 1 amide bonds. The fourth-order valence-corrected chi connectivity index (χ4v) is 8.09. The Bertz CT molecular complexity index is 755. The molecule has 6 fully saturated rings. The van der Waals surface area contributed by atoms with Gasteiger partial charge in [0.15, 0.2) is 0 Å². The molecule has 4 N–H and O–H groups in total. The van der Waals surface area contributed by atoms with E-state index in [0.29, 0.717) is 30.7 Å². The summed E-state index contributed by atoms with van der Waals surface area (Å²) in [7, 11) is 0. The van der Waals surface area contributed by atoms with Crippen molar-refractivity contribution in [2.75, 3.05) is 6.54 Å². The number of hydrogen-bond donors (Lipinski definition) is 3. The van der Waals surface area contributed by atoms with Crippen molar-refractivity contribution in [3.8, 4) is 0 Å². The lowest BCUT2D eigenvalue weighted by Gasteiger charge is -2.55. The van der Waals surface area contributed by atoms with E-state index >= 15 is 0 Å². The molecule has 168 valence electrons. The van der Waals surface area contributed by atoms with Crippen molar-refractivity contribution >= 4 is 5.91 Å². The molecule has 7 heteroatoms. The Hall–Kier alpha value is -0.730. The summed E-state index contributed by atoms with van der Waals surface area (Å²) in [5.74, 6) is 0.267. The highest BCUT2D eigenvalue weighted by Gasteiger charge is 2.82. The lowest BCUT2D eigenvalue weighted by molar-refractivity contribution is -0.375. The van der Waals surface area contributed by atoms with Crippen molar-refractivity contribution in [2.45, 2.75) is 101 Å². The average molecular weight is 421 g/mol. The smallest absolute Gasteiger partial charge is 0.220 e. The Balaban J connectivity index is 1.09. The summed E-state index contributed by atoms with van der Waals surface area (Å²) in [6, 6.07) is 0. The Morgan fingerprint density at radius 2 is 1.80 bits per heavy atom. The Morgan fingerprint density at radius 1 is 1.10 bits per heavy atom. The van der Waals surface area contributed by atoms with E-state index in [0.717, 1.165) is 57.8 Å². The van der Waals surface area contributed by atoms with E-state index in [1.54, 1.807) is 0 Å². The molecule has 6 aliphatic rings. The van der Waals surface area contributed by atoms with E-state index in [9.17, 15) is 9.90 Å². The van der Waals surface area contributed by atoms with E-state index in [4.69, 9.17) is 20.2 Å². The molecule has 1 heterocycles. The van der Waals surface area contributed by atoms with Crippen molar-refractivity contribution in [1.82, 2.24) is 5.32 Å². The van der Waals surface area contributed by atoms with Crippen LogP contribution in [0.4, 0.5) is 0 Å². The Kier molecular flexibility index (Phi) is 3.97. The maximum absolute atomic E-state index is 12.3. The van der Waals surface area contributed by atoms with E-state index in [1.807, 2.05) is 13.8 Å². The predicted molar refractivity (Wildman–Crippen MR) is 108 cm³/mol. The van der Waals surface area contributed by atoms with E-state index in [2.05, 4.69) is 5.32 Å². The molecule has 5 saturated carbocycles. The summed E-state index contributed by atoms with van der Waals surface area (Å²) in [6.07, 6.45) is 8.72. The van der Waals surface area contributed by atoms with Gasteiger partial charge in [-0.05, 0) is 70.6 Å². The van der Waals surface area contributed by atoms with Crippen LogP contribution in [-0.2, 0) is 19.3 Å². The van der Waals surface area contributed by atoms with Crippen LogP contribution in [0.1, 0.15) is 78.1 Å². The maximum atomic E-state index is 12.3. The summed E-state index contributed by atoms with van der Waals surface area (Å²) < 4.78 is 6.76. The number of aliphatic hydroxyl groups is 1. The number of hydrogen-bond acceptors (Lipinski definition) is 6. The zero-order valence-electron chi connectivity index (χ0n) is 18.2. The van der Waals surface area contributed by atoms with Gasteiger partial charge in [-0.1, -0.05) is 0 Å². The van der Waals surface area contributed by atoms with Crippen LogP contribution in [0.2, 0.25) is 0 Å². The van der Waals surface area contributed by atoms with Crippen LogP contribution >= 0.6 is 0 Å². The number of carbonyl (C=O) groups is 1. The molecule has 0 aromatic rings. The quantitative estimate of drug-likeness (QED) is 0.604. The van der Waals surface area contributed by atoms with Crippen molar-refractivity contribution in [3.63, 3.8) is 0 Å². The van der Waals surface area contributed by atoms with Gasteiger partial charge in [0.25, 0.3) is 0 Å². The Morgan fingerprint density at radius 3 is 2.53 bits per heavy atom. The van der Waals surface area contributed by atoms with Crippen molar-refractivity contribution in [1.29, 1.82) is 0 Å². The van der Waals surface area contributed by atoms with Crippen LogP contribution in [0, 0.1) is 29.1 Å². The summed E-state index contributed by atoms with van der Waals surface area (Å²) >= 11 is 0. The molecular weight excluding hydrogens is 384 g/mol. The number of amides is 1. The molecule has 0 aromatic heterocycles. The van der Waals surface area contributed by atoms with Gasteiger partial charge in [-0.25, -0.2) is 0 Å². The third kappa shape index (κ3) is 2.59. The second kappa shape index (κ2) is 5.98. The first-order chi connectivity index (χ1) is 14.1. The van der Waals surface area contributed by atoms with Gasteiger partial charge in [0.05, 0.1) is 5.60 Å². The molecule has 0 radical (unpaired) electrons. The molecule has 6 atom stereocenters. The average Bonchev–Trinajstić information content (AvgIpc) is 3.24. The summed E-state index contributed by atoms with van der Waals surface area (Å²) in [6.45, 7) is 4.31. The minimum atomic E-state index is -0.676. The van der Waals surface area contributed by atoms with E-state index in [1.165, 1.54) is 0 Å². The molecule has 5 aliphatic carbocycles. The molecular formula is C23H36N2O5. The second-order valence-corrected chi connectivity index (χ2v) is 12.1. The monoisotopic (exact) mass is 420 g/mol. The first-order valence-corrected chi connectivity index (χ1v) is 11.9. The normalized spacial score (nSPS) is 53.3. The zero-order chi connectivity index (χ0) is 21.0. The van der Waals surface area contributed by atoms with Gasteiger partial charge in [-0.2, -0.15) is 9.78 Å². The highest BCUT2D eigenvalue weighted by molar-refractivity contribution is 5.76. The molecule has 6 rings (SSSR count). The minimum Gasteiger partial charge on any atom is -0.389 e. The van der Waals surface area contributed by atoms with Crippen LogP contribution in [0.15, 0.2) is 0 Å². The number of rotatable bonds is 4. The lowest BCUT2D eigenvalue weighted by Crippen LogP contribution is -2.57. The third-order valence-electron chi connectivity index (χ3n) is 9.56. The van der Waals surface area contributed by atoms with Crippen molar-refractivity contribution in [3.05, 3.63) is 0 Å². The largest absolute Gasteiger partial charge is 0.389 e. The fourth-order valence-electron chi connectivity index (χ4n) is 8.09. The van der Waals surface area contributed by atoms with E-state index in [-0.39, 0.29) is 17.2 Å². The van der Waals surface area contributed by atoms with E-state index < -0.39 is 22.7 Å². The van der Waals surface area contributed by atoms with Crippen LogP contribution in [0.3, 0.4) is 0 Å². The summed E-state index contributed by atoms with van der Waals surface area (Å²) in [5, 5.41) is 14.1. The van der Waals surface area contributed by atoms with Gasteiger partial charge < -0.3 is 20.9 Å². The van der Waals surface area contributed by atoms with Crippen LogP contribution in [0.25, 0.3) is 0 Å². The summed E-state index contributed by atoms with van der Waals surface area (Å²) in [4.78, 5) is 24.4. The van der Waals surface area contributed by atoms with Crippen LogP contribution in [-0.4, -0.2) is 40.3 Å². The first-order valence-electron chi connectivity index (χ1n) is 11.9. The van der Waals surface area contributed by atoms with Crippen molar-refractivity contribution < 1.29 is 24.4 Å². The highest BCUT2D eigenvalue weighted by Crippen LogP contribution is 2.80. The summed E-state index contributed by atoms with van der Waals surface area (Å²) in [5.41, 5.74) is 5.21. The SMILES string of the molecule is CC(C)(N)CNC(=O)C[C@H]1CC[C@]2(CC1)OO[C@]1(O2)C2CC3C[C@@]4(O)CC1CC34C2. The maximum Gasteiger partial charge on any atom is 0.220 e. The zero-order valence-corrected chi connectivity index (χ0v) is 18.2. The number of fused-ring (bicyclic) bond motifs is 4. The van der Waals surface area contributed by atoms with Crippen LogP contribution in [0.5, 0.6) is 0 Å². The topological polar surface area (TPSA) is 103 Å². The van der Waals surface area contributed by atoms with Gasteiger partial charge in [-0.15, -0.1) is 0 Å². The third-order valence-corrected chi connectivity index (χ3v) is 9.56. The van der Waals surface area contributed by atoms with Gasteiger partial charge in [0.1, 0.15) is 0 Å². The Labute approximate surface area is 178 Å². The number of nitrogens with one attached hydrogen (secondary N) is 1. The molecule has 1 aliphatic heterocycles. The minimum absolute atomic E-state index is 0.0726. The molecule has 3 spiro atoms. The van der Waals surface area contributed by atoms with Gasteiger partial charge in [0.2, 0.25) is 17.5 Å².